The Bertz CT molecular complexity index is 948. The van der Waals surface area contributed by atoms with Crippen LogP contribution in [0.3, 0.4) is 0 Å². The molecule has 0 aliphatic carbocycles. The number of carbonyl (C=O) groups is 1. The van der Waals surface area contributed by atoms with Gasteiger partial charge in [0.2, 0.25) is 0 Å². The van der Waals surface area contributed by atoms with Crippen molar-refractivity contribution in [2.24, 2.45) is 0 Å². The summed E-state index contributed by atoms with van der Waals surface area (Å²) in [6, 6.07) is 17.9. The van der Waals surface area contributed by atoms with E-state index in [2.05, 4.69) is 18.1 Å². The molecule has 3 aromatic rings. The van der Waals surface area contributed by atoms with Gasteiger partial charge in [-0.2, -0.15) is 5.10 Å². The standard InChI is InChI=1S/C23H27N3O2/c1-5-19-10-9-13-21(14-19)28-16-23(27)25(4)15-22-17(2)24-26(18(22)3)20-11-7-6-8-12-20/h6-14H,5,15-16H2,1-4H3. The van der Waals surface area contributed by atoms with Crippen LogP contribution < -0.4 is 4.74 Å². The average molecular weight is 377 g/mol. The van der Waals surface area contributed by atoms with Crippen LogP contribution in [0.2, 0.25) is 0 Å². The lowest BCUT2D eigenvalue weighted by Gasteiger charge is -2.18. The normalized spacial score (nSPS) is 10.7. The first kappa shape index (κ1) is 19.7. The minimum absolute atomic E-state index is 0.0224. The van der Waals surface area contributed by atoms with Crippen molar-refractivity contribution in [3.05, 3.63) is 77.1 Å². The fourth-order valence-corrected chi connectivity index (χ4v) is 3.16. The molecule has 0 radical (unpaired) electrons. The Hall–Kier alpha value is -3.08. The number of aromatic nitrogens is 2. The van der Waals surface area contributed by atoms with Gasteiger partial charge in [0.25, 0.3) is 5.91 Å². The number of carbonyl (C=O) groups excluding carboxylic acids is 1. The largest absolute Gasteiger partial charge is 0.484 e. The Morgan fingerprint density at radius 1 is 1.11 bits per heavy atom. The van der Waals surface area contributed by atoms with Crippen LogP contribution >= 0.6 is 0 Å². The second-order valence-corrected chi connectivity index (χ2v) is 6.94. The van der Waals surface area contributed by atoms with Crippen LogP contribution in [0.5, 0.6) is 5.75 Å². The molecule has 0 aliphatic rings. The number of rotatable bonds is 7. The molecule has 0 saturated carbocycles. The van der Waals surface area contributed by atoms with E-state index in [4.69, 9.17) is 4.74 Å². The first-order chi connectivity index (χ1) is 13.5. The molecule has 0 saturated heterocycles. The zero-order chi connectivity index (χ0) is 20.1. The Balaban J connectivity index is 1.66. The Morgan fingerprint density at radius 3 is 2.57 bits per heavy atom. The molecule has 5 heteroatoms. The number of ether oxygens (including phenoxy) is 1. The molecule has 0 aliphatic heterocycles. The van der Waals surface area contributed by atoms with Crippen molar-refractivity contribution in [1.29, 1.82) is 0 Å². The summed E-state index contributed by atoms with van der Waals surface area (Å²) in [5, 5.41) is 4.65. The van der Waals surface area contributed by atoms with Crippen LogP contribution in [0, 0.1) is 13.8 Å². The zero-order valence-corrected chi connectivity index (χ0v) is 17.0. The Labute approximate surface area is 166 Å². The van der Waals surface area contributed by atoms with E-state index in [1.807, 2.05) is 67.1 Å². The molecule has 0 bridgehead atoms. The Morgan fingerprint density at radius 2 is 1.86 bits per heavy atom. The van der Waals surface area contributed by atoms with Crippen LogP contribution in [0.1, 0.15) is 29.4 Å². The zero-order valence-electron chi connectivity index (χ0n) is 17.0. The van der Waals surface area contributed by atoms with Crippen molar-refractivity contribution in [3.63, 3.8) is 0 Å². The molecule has 2 aromatic carbocycles. The first-order valence-electron chi connectivity index (χ1n) is 9.55. The van der Waals surface area contributed by atoms with Crippen LogP contribution in [0.4, 0.5) is 0 Å². The molecule has 1 heterocycles. The predicted octanol–water partition coefficient (Wildman–Crippen LogP) is 4.09. The fourth-order valence-electron chi connectivity index (χ4n) is 3.16. The lowest BCUT2D eigenvalue weighted by molar-refractivity contribution is -0.132. The SMILES string of the molecule is CCc1cccc(OCC(=O)N(C)Cc2c(C)nn(-c3ccccc3)c2C)c1. The Kier molecular flexibility index (Phi) is 6.14. The molecule has 0 N–H and O–H groups in total. The van der Waals surface area contributed by atoms with Crippen LogP contribution in [0.25, 0.3) is 5.69 Å². The van der Waals surface area contributed by atoms with Crippen molar-refractivity contribution in [2.75, 3.05) is 13.7 Å². The van der Waals surface area contributed by atoms with Crippen molar-refractivity contribution in [1.82, 2.24) is 14.7 Å². The van der Waals surface area contributed by atoms with Gasteiger partial charge in [0.05, 0.1) is 11.4 Å². The summed E-state index contributed by atoms with van der Waals surface area (Å²) < 4.78 is 7.62. The third-order valence-corrected chi connectivity index (χ3v) is 4.93. The highest BCUT2D eigenvalue weighted by molar-refractivity contribution is 5.77. The van der Waals surface area contributed by atoms with E-state index in [0.717, 1.165) is 34.8 Å². The van der Waals surface area contributed by atoms with Crippen LogP contribution in [-0.2, 0) is 17.8 Å². The van der Waals surface area contributed by atoms with E-state index in [0.29, 0.717) is 6.54 Å². The van der Waals surface area contributed by atoms with Gasteiger partial charge in [-0.1, -0.05) is 37.3 Å². The van der Waals surface area contributed by atoms with E-state index in [9.17, 15) is 4.79 Å². The predicted molar refractivity (Wildman–Crippen MR) is 111 cm³/mol. The number of benzene rings is 2. The number of hydrogen-bond acceptors (Lipinski definition) is 3. The second-order valence-electron chi connectivity index (χ2n) is 6.94. The molecule has 5 nitrogen and oxygen atoms in total. The maximum Gasteiger partial charge on any atom is 0.260 e. The number of para-hydroxylation sites is 1. The number of amides is 1. The summed E-state index contributed by atoms with van der Waals surface area (Å²) in [5.41, 5.74) is 5.24. The van der Waals surface area contributed by atoms with E-state index in [1.54, 1.807) is 11.9 Å². The van der Waals surface area contributed by atoms with Gasteiger partial charge in [0, 0.05) is 24.8 Å². The molecule has 28 heavy (non-hydrogen) atoms. The summed E-state index contributed by atoms with van der Waals surface area (Å²) in [4.78, 5) is 14.2. The van der Waals surface area contributed by atoms with Gasteiger partial charge < -0.3 is 9.64 Å². The average Bonchev–Trinajstić information content (AvgIpc) is 3.01. The van der Waals surface area contributed by atoms with Gasteiger partial charge in [-0.3, -0.25) is 4.79 Å². The maximum absolute atomic E-state index is 12.5. The highest BCUT2D eigenvalue weighted by Gasteiger charge is 2.17. The highest BCUT2D eigenvalue weighted by Crippen LogP contribution is 2.19. The summed E-state index contributed by atoms with van der Waals surface area (Å²) in [7, 11) is 1.80. The van der Waals surface area contributed by atoms with Crippen molar-refractivity contribution in [3.8, 4) is 11.4 Å². The lowest BCUT2D eigenvalue weighted by Crippen LogP contribution is -2.31. The summed E-state index contributed by atoms with van der Waals surface area (Å²) in [6.45, 7) is 6.63. The minimum atomic E-state index is -0.0619. The molecular weight excluding hydrogens is 350 g/mol. The van der Waals surface area contributed by atoms with E-state index < -0.39 is 0 Å². The third kappa shape index (κ3) is 4.42. The van der Waals surface area contributed by atoms with Gasteiger partial charge >= 0.3 is 0 Å². The third-order valence-electron chi connectivity index (χ3n) is 4.93. The topological polar surface area (TPSA) is 47.4 Å². The monoisotopic (exact) mass is 377 g/mol. The lowest BCUT2D eigenvalue weighted by atomic mass is 10.2. The number of aryl methyl sites for hydroxylation is 2. The summed E-state index contributed by atoms with van der Waals surface area (Å²) >= 11 is 0. The van der Waals surface area contributed by atoms with Crippen molar-refractivity contribution in [2.45, 2.75) is 33.7 Å². The maximum atomic E-state index is 12.5. The van der Waals surface area contributed by atoms with Gasteiger partial charge in [-0.25, -0.2) is 4.68 Å². The van der Waals surface area contributed by atoms with Crippen molar-refractivity contribution < 1.29 is 9.53 Å². The molecule has 1 amide bonds. The fraction of sp³-hybridized carbons (Fsp3) is 0.304. The molecule has 0 atom stereocenters. The minimum Gasteiger partial charge on any atom is -0.484 e. The molecule has 0 spiro atoms. The van der Waals surface area contributed by atoms with Crippen molar-refractivity contribution >= 4 is 5.91 Å². The summed E-state index contributed by atoms with van der Waals surface area (Å²) in [5.74, 6) is 0.665. The molecule has 0 unspecified atom stereocenters. The van der Waals surface area contributed by atoms with Gasteiger partial charge in [-0.05, 0) is 50.1 Å². The first-order valence-corrected chi connectivity index (χ1v) is 9.55. The molecular formula is C23H27N3O2. The van der Waals surface area contributed by atoms with Gasteiger partial charge in [-0.15, -0.1) is 0 Å². The van der Waals surface area contributed by atoms with Crippen LogP contribution in [-0.4, -0.2) is 34.2 Å². The smallest absolute Gasteiger partial charge is 0.260 e. The number of hydrogen-bond donors (Lipinski definition) is 0. The van der Waals surface area contributed by atoms with Gasteiger partial charge in [0.1, 0.15) is 5.75 Å². The number of nitrogens with zero attached hydrogens (tertiary/aromatic N) is 3. The number of likely N-dealkylation sites (N-methyl/N-ethyl adjacent to an activating group) is 1. The highest BCUT2D eigenvalue weighted by atomic mass is 16.5. The molecule has 3 rings (SSSR count). The second kappa shape index (κ2) is 8.74. The van der Waals surface area contributed by atoms with E-state index >= 15 is 0 Å². The quantitative estimate of drug-likeness (QED) is 0.623. The van der Waals surface area contributed by atoms with E-state index in [-0.39, 0.29) is 12.5 Å². The molecule has 1 aromatic heterocycles. The van der Waals surface area contributed by atoms with Crippen LogP contribution in [0.15, 0.2) is 54.6 Å². The molecule has 0 fully saturated rings. The van der Waals surface area contributed by atoms with Gasteiger partial charge in [0.15, 0.2) is 6.61 Å². The summed E-state index contributed by atoms with van der Waals surface area (Å²) in [6.07, 6.45) is 0.939. The van der Waals surface area contributed by atoms with E-state index in [1.165, 1.54) is 5.56 Å². The molecule has 146 valence electrons.